The molecular formula is C61H42B2N4. The van der Waals surface area contributed by atoms with Gasteiger partial charge in [-0.15, -0.1) is 0 Å². The van der Waals surface area contributed by atoms with E-state index in [0.717, 1.165) is 27.8 Å². The summed E-state index contributed by atoms with van der Waals surface area (Å²) in [6.07, 6.45) is 3.77. The van der Waals surface area contributed by atoms with E-state index in [0.29, 0.717) is 17.5 Å². The fourth-order valence-electron chi connectivity index (χ4n) is 10.1. The third kappa shape index (κ3) is 7.11. The quantitative estimate of drug-likeness (QED) is 0.136. The van der Waals surface area contributed by atoms with Gasteiger partial charge in [0.15, 0.2) is 17.5 Å². The summed E-state index contributed by atoms with van der Waals surface area (Å²) in [7, 11) is 0. The van der Waals surface area contributed by atoms with Gasteiger partial charge in [-0.25, -0.2) is 15.0 Å². The first-order chi connectivity index (χ1) is 33.1. The number of aromatic nitrogens is 3. The normalized spacial score (nSPS) is 12.2. The maximum Gasteiger partial charge on any atom is 0.246 e. The van der Waals surface area contributed by atoms with Crippen molar-refractivity contribution in [1.29, 1.82) is 0 Å². The lowest BCUT2D eigenvalue weighted by Gasteiger charge is -2.44. The van der Waals surface area contributed by atoms with Gasteiger partial charge >= 0.3 is 0 Å². The molecule has 67 heavy (non-hydrogen) atoms. The van der Waals surface area contributed by atoms with Crippen molar-refractivity contribution < 1.29 is 0 Å². The summed E-state index contributed by atoms with van der Waals surface area (Å²) in [5.41, 5.74) is 20.6. The van der Waals surface area contributed by atoms with E-state index in [-0.39, 0.29) is 13.4 Å². The van der Waals surface area contributed by atoms with E-state index < -0.39 is 0 Å². The Balaban J connectivity index is 1.10. The summed E-state index contributed by atoms with van der Waals surface area (Å²) in [5, 5.41) is 0. The van der Waals surface area contributed by atoms with Crippen LogP contribution in [0.1, 0.15) is 11.1 Å². The molecule has 312 valence electrons. The lowest BCUT2D eigenvalue weighted by atomic mass is 9.30. The van der Waals surface area contributed by atoms with E-state index in [1.54, 1.807) is 0 Å². The number of rotatable bonds is 9. The lowest BCUT2D eigenvalue weighted by Crippen LogP contribution is -2.65. The average Bonchev–Trinajstić information content (AvgIpc) is 3.41. The molecule has 2 aliphatic rings. The number of hydrogen-bond donors (Lipinski definition) is 0. The minimum absolute atomic E-state index is 0.0887. The van der Waals surface area contributed by atoms with Crippen molar-refractivity contribution in [3.05, 3.63) is 243 Å². The van der Waals surface area contributed by atoms with Crippen LogP contribution in [0.5, 0.6) is 0 Å². The Labute approximate surface area is 392 Å². The van der Waals surface area contributed by atoms with Crippen LogP contribution in [-0.2, 0) is 0 Å². The SMILES string of the molecule is C=Cc1ccc(-c2ccc(B3c4ccccc4N4c5ccccc5B(c5ccc(-c6ccc(C=C)cc6)cc5)c5cc(-c6nc(-c7ccccc7)nc(-c7ccccc7)n6)cc3c54)cc2)cc1. The largest absolute Gasteiger partial charge is 0.313 e. The van der Waals surface area contributed by atoms with E-state index in [1.807, 2.05) is 48.6 Å². The van der Waals surface area contributed by atoms with Crippen molar-refractivity contribution in [3.8, 4) is 56.4 Å². The van der Waals surface area contributed by atoms with Gasteiger partial charge in [-0.2, -0.15) is 0 Å². The van der Waals surface area contributed by atoms with Gasteiger partial charge in [0.05, 0.1) is 0 Å². The molecule has 12 rings (SSSR count). The maximum absolute atomic E-state index is 5.31. The minimum atomic E-state index is -0.0887. The van der Waals surface area contributed by atoms with Gasteiger partial charge in [0, 0.05) is 33.8 Å². The van der Waals surface area contributed by atoms with Crippen LogP contribution in [0.3, 0.4) is 0 Å². The van der Waals surface area contributed by atoms with Crippen LogP contribution in [0, 0.1) is 0 Å². The van der Waals surface area contributed by atoms with Crippen LogP contribution < -0.4 is 37.7 Å². The molecule has 0 radical (unpaired) electrons. The maximum atomic E-state index is 5.31. The predicted molar refractivity (Wildman–Crippen MR) is 284 cm³/mol. The zero-order valence-corrected chi connectivity index (χ0v) is 36.8. The molecule has 0 spiro atoms. The fourth-order valence-corrected chi connectivity index (χ4v) is 10.1. The zero-order valence-electron chi connectivity index (χ0n) is 36.8. The van der Waals surface area contributed by atoms with E-state index >= 15 is 0 Å². The molecule has 3 heterocycles. The summed E-state index contributed by atoms with van der Waals surface area (Å²) in [4.78, 5) is 18.2. The predicted octanol–water partition coefficient (Wildman–Crippen LogP) is 10.6. The van der Waals surface area contributed by atoms with Crippen LogP contribution in [0.4, 0.5) is 17.1 Å². The van der Waals surface area contributed by atoms with Crippen molar-refractivity contribution in [1.82, 2.24) is 15.0 Å². The molecule has 0 saturated carbocycles. The summed E-state index contributed by atoms with van der Waals surface area (Å²) in [5.74, 6) is 1.90. The van der Waals surface area contributed by atoms with Crippen molar-refractivity contribution in [2.75, 3.05) is 4.90 Å². The first-order valence-electron chi connectivity index (χ1n) is 22.8. The smallest absolute Gasteiger partial charge is 0.246 e. The lowest BCUT2D eigenvalue weighted by molar-refractivity contribution is 1.07. The molecule has 9 aromatic carbocycles. The van der Waals surface area contributed by atoms with Gasteiger partial charge in [-0.05, 0) is 67.4 Å². The first kappa shape index (κ1) is 39.9. The molecule has 1 aromatic heterocycles. The van der Waals surface area contributed by atoms with Gasteiger partial charge in [-0.3, -0.25) is 0 Å². The molecule has 10 aromatic rings. The van der Waals surface area contributed by atoms with E-state index in [2.05, 4.69) is 200 Å². The van der Waals surface area contributed by atoms with Gasteiger partial charge < -0.3 is 4.90 Å². The number of fused-ring (bicyclic) bond motifs is 4. The summed E-state index contributed by atoms with van der Waals surface area (Å²) in [6.45, 7) is 7.73. The highest BCUT2D eigenvalue weighted by atomic mass is 15.2. The van der Waals surface area contributed by atoms with Crippen LogP contribution in [0.25, 0.3) is 68.6 Å². The number of nitrogens with zero attached hydrogens (tertiary/aromatic N) is 4. The molecule has 2 aliphatic heterocycles. The Bertz CT molecular complexity index is 3260. The standard InChI is InChI=1S/C61H42B2N4/c1-3-41-23-27-43(28-24-41)45-31-35-50(36-32-45)62-52-19-11-13-21-56(52)67-57-22-14-12-20-53(57)63(51-37-33-46(34-38-51)44-29-25-42(4-2)26-30-44)55-40-49(39-54(62)58(55)67)61-65-59(47-15-7-5-8-16-47)64-60(66-61)48-17-9-6-10-18-48/h3-40H,1-2H2. The monoisotopic (exact) mass is 852 g/mol. The van der Waals surface area contributed by atoms with E-state index in [4.69, 9.17) is 15.0 Å². The third-order valence-electron chi connectivity index (χ3n) is 13.4. The third-order valence-corrected chi connectivity index (χ3v) is 13.4. The molecule has 6 heteroatoms. The van der Waals surface area contributed by atoms with Crippen molar-refractivity contribution in [2.45, 2.75) is 0 Å². The van der Waals surface area contributed by atoms with Gasteiger partial charge in [0.25, 0.3) is 0 Å². The Morgan fingerprint density at radius 1 is 0.328 bits per heavy atom. The highest BCUT2D eigenvalue weighted by Gasteiger charge is 2.43. The summed E-state index contributed by atoms with van der Waals surface area (Å²) >= 11 is 0. The highest BCUT2D eigenvalue weighted by Crippen LogP contribution is 2.39. The van der Waals surface area contributed by atoms with Gasteiger partial charge in [0.1, 0.15) is 0 Å². The van der Waals surface area contributed by atoms with Crippen LogP contribution in [-0.4, -0.2) is 28.4 Å². The second-order valence-electron chi connectivity index (χ2n) is 17.3. The minimum Gasteiger partial charge on any atom is -0.313 e. The number of para-hydroxylation sites is 2. The van der Waals surface area contributed by atoms with E-state index in [9.17, 15) is 0 Å². The summed E-state index contributed by atoms with van der Waals surface area (Å²) < 4.78 is 0. The molecule has 0 aliphatic carbocycles. The molecule has 0 atom stereocenters. The first-order valence-corrected chi connectivity index (χ1v) is 22.8. The Morgan fingerprint density at radius 2 is 0.672 bits per heavy atom. The fraction of sp³-hybridized carbons (Fsp3) is 0. The molecule has 4 nitrogen and oxygen atoms in total. The molecule has 0 amide bonds. The van der Waals surface area contributed by atoms with Gasteiger partial charge in [-0.1, -0.05) is 242 Å². The van der Waals surface area contributed by atoms with Gasteiger partial charge in [0.2, 0.25) is 13.4 Å². The molecule has 0 saturated heterocycles. The topological polar surface area (TPSA) is 41.9 Å². The van der Waals surface area contributed by atoms with E-state index in [1.165, 1.54) is 72.1 Å². The second-order valence-corrected chi connectivity index (χ2v) is 17.3. The molecule has 0 N–H and O–H groups in total. The summed E-state index contributed by atoms with van der Waals surface area (Å²) in [6, 6.07) is 78.5. The Morgan fingerprint density at radius 3 is 1.06 bits per heavy atom. The van der Waals surface area contributed by atoms with Crippen molar-refractivity contribution in [3.63, 3.8) is 0 Å². The van der Waals surface area contributed by atoms with Crippen LogP contribution in [0.15, 0.2) is 232 Å². The number of benzene rings is 9. The van der Waals surface area contributed by atoms with Crippen molar-refractivity contribution in [2.24, 2.45) is 0 Å². The molecule has 0 fully saturated rings. The Hall–Kier alpha value is -8.60. The zero-order chi connectivity index (χ0) is 44.8. The number of anilines is 3. The molecular weight excluding hydrogens is 810 g/mol. The second kappa shape index (κ2) is 16.8. The highest BCUT2D eigenvalue weighted by molar-refractivity contribution is 7.02. The average molecular weight is 853 g/mol. The number of hydrogen-bond acceptors (Lipinski definition) is 4. The Kier molecular flexibility index (Phi) is 9.99. The van der Waals surface area contributed by atoms with Crippen molar-refractivity contribution >= 4 is 75.4 Å². The van der Waals surface area contributed by atoms with Crippen LogP contribution in [0.2, 0.25) is 0 Å². The molecule has 0 bridgehead atoms. The van der Waals surface area contributed by atoms with Crippen LogP contribution >= 0.6 is 0 Å². The molecule has 0 unspecified atom stereocenters.